The van der Waals surface area contributed by atoms with Crippen molar-refractivity contribution in [3.05, 3.63) is 58.1 Å². The van der Waals surface area contributed by atoms with Crippen molar-refractivity contribution in [3.8, 4) is 5.75 Å². The first kappa shape index (κ1) is 21.3. The molecule has 0 aromatic heterocycles. The Balaban J connectivity index is 1.94. The van der Waals surface area contributed by atoms with Crippen LogP contribution >= 0.6 is 23.2 Å². The molecule has 0 aliphatic carbocycles. The fraction of sp³-hybridized carbons (Fsp3) is 0.278. The second-order valence-corrected chi connectivity index (χ2v) is 8.63. The summed E-state index contributed by atoms with van der Waals surface area (Å²) < 4.78 is 30.6. The van der Waals surface area contributed by atoms with Crippen molar-refractivity contribution in [3.63, 3.8) is 0 Å². The van der Waals surface area contributed by atoms with Gasteiger partial charge in [0.2, 0.25) is 15.9 Å². The van der Waals surface area contributed by atoms with E-state index in [9.17, 15) is 13.2 Å². The summed E-state index contributed by atoms with van der Waals surface area (Å²) in [5.74, 6) is 0.210. The summed E-state index contributed by atoms with van der Waals surface area (Å²) in [5, 5.41) is 3.12. The highest BCUT2D eigenvalue weighted by molar-refractivity contribution is 7.92. The molecule has 0 saturated heterocycles. The summed E-state index contributed by atoms with van der Waals surface area (Å²) in [6.45, 7) is 2.05. The summed E-state index contributed by atoms with van der Waals surface area (Å²) >= 11 is 12.0. The SMILES string of the molecule is Cc1ccc(OCCNC(=O)CN(c2cc(Cl)ccc2Cl)S(C)(=O)=O)cc1. The first-order valence-electron chi connectivity index (χ1n) is 8.06. The lowest BCUT2D eigenvalue weighted by Crippen LogP contribution is -2.41. The van der Waals surface area contributed by atoms with Crippen LogP contribution in [0.4, 0.5) is 5.69 Å². The van der Waals surface area contributed by atoms with Crippen molar-refractivity contribution in [1.29, 1.82) is 0 Å². The smallest absolute Gasteiger partial charge is 0.240 e. The third-order valence-corrected chi connectivity index (χ3v) is 5.26. The highest BCUT2D eigenvalue weighted by atomic mass is 35.5. The van der Waals surface area contributed by atoms with E-state index in [1.54, 1.807) is 0 Å². The van der Waals surface area contributed by atoms with Crippen LogP contribution in [0.15, 0.2) is 42.5 Å². The zero-order valence-electron chi connectivity index (χ0n) is 14.9. The summed E-state index contributed by atoms with van der Waals surface area (Å²) in [6, 6.07) is 11.9. The Labute approximate surface area is 169 Å². The number of carbonyl (C=O) groups is 1. The van der Waals surface area contributed by atoms with Crippen molar-refractivity contribution >= 4 is 44.8 Å². The van der Waals surface area contributed by atoms with Gasteiger partial charge in [0.25, 0.3) is 0 Å². The molecule has 0 radical (unpaired) electrons. The van der Waals surface area contributed by atoms with Gasteiger partial charge in [-0.1, -0.05) is 40.9 Å². The van der Waals surface area contributed by atoms with Crippen LogP contribution in [0.5, 0.6) is 5.75 Å². The number of amides is 1. The Morgan fingerprint density at radius 3 is 2.44 bits per heavy atom. The van der Waals surface area contributed by atoms with E-state index in [4.69, 9.17) is 27.9 Å². The zero-order valence-corrected chi connectivity index (χ0v) is 17.2. The van der Waals surface area contributed by atoms with E-state index in [1.165, 1.54) is 18.2 Å². The van der Waals surface area contributed by atoms with Crippen LogP contribution in [-0.4, -0.2) is 40.3 Å². The Hall–Kier alpha value is -1.96. The molecule has 0 aliphatic rings. The average molecular weight is 431 g/mol. The molecule has 9 heteroatoms. The van der Waals surface area contributed by atoms with Gasteiger partial charge in [-0.3, -0.25) is 9.10 Å². The summed E-state index contributed by atoms with van der Waals surface area (Å²) in [4.78, 5) is 12.2. The molecule has 2 aromatic carbocycles. The third-order valence-electron chi connectivity index (χ3n) is 3.58. The van der Waals surface area contributed by atoms with Gasteiger partial charge in [0.15, 0.2) is 0 Å². The molecule has 0 aliphatic heterocycles. The number of nitrogens with one attached hydrogen (secondary N) is 1. The molecule has 0 unspecified atom stereocenters. The molecule has 0 spiro atoms. The maximum atomic E-state index is 12.2. The standard InChI is InChI=1S/C18H20Cl2N2O4S/c1-13-3-6-15(7-4-13)26-10-9-21-18(23)12-22(27(2,24)25)17-11-14(19)5-8-16(17)20/h3-8,11H,9-10,12H2,1-2H3,(H,21,23). The van der Waals surface area contributed by atoms with Crippen LogP contribution in [-0.2, 0) is 14.8 Å². The Morgan fingerprint density at radius 1 is 1.15 bits per heavy atom. The molecule has 1 amide bonds. The molecule has 0 heterocycles. The fourth-order valence-corrected chi connectivity index (χ4v) is 3.53. The maximum absolute atomic E-state index is 12.2. The number of carbonyl (C=O) groups excluding carboxylic acids is 1. The van der Waals surface area contributed by atoms with Crippen molar-refractivity contribution in [2.75, 3.05) is 30.3 Å². The van der Waals surface area contributed by atoms with Gasteiger partial charge in [-0.2, -0.15) is 0 Å². The number of hydrogen-bond acceptors (Lipinski definition) is 4. The predicted octanol–water partition coefficient (Wildman–Crippen LogP) is 3.26. The monoisotopic (exact) mass is 430 g/mol. The fourth-order valence-electron chi connectivity index (χ4n) is 2.24. The van der Waals surface area contributed by atoms with Crippen LogP contribution in [0.3, 0.4) is 0 Å². The number of hydrogen-bond donors (Lipinski definition) is 1. The van der Waals surface area contributed by atoms with E-state index in [1.807, 2.05) is 31.2 Å². The van der Waals surface area contributed by atoms with Crippen molar-refractivity contribution in [1.82, 2.24) is 5.32 Å². The minimum Gasteiger partial charge on any atom is -0.492 e. The first-order chi connectivity index (χ1) is 12.7. The number of halogens is 2. The van der Waals surface area contributed by atoms with E-state index in [0.717, 1.165) is 16.1 Å². The Morgan fingerprint density at radius 2 is 1.81 bits per heavy atom. The van der Waals surface area contributed by atoms with Crippen molar-refractivity contribution in [2.45, 2.75) is 6.92 Å². The molecule has 27 heavy (non-hydrogen) atoms. The van der Waals surface area contributed by atoms with Gasteiger partial charge in [0.05, 0.1) is 23.5 Å². The lowest BCUT2D eigenvalue weighted by atomic mass is 10.2. The van der Waals surface area contributed by atoms with Gasteiger partial charge >= 0.3 is 0 Å². The van der Waals surface area contributed by atoms with Crippen molar-refractivity contribution in [2.24, 2.45) is 0 Å². The molecular weight excluding hydrogens is 411 g/mol. The number of nitrogens with zero attached hydrogens (tertiary/aromatic N) is 1. The molecule has 0 atom stereocenters. The van der Waals surface area contributed by atoms with Gasteiger partial charge < -0.3 is 10.1 Å². The van der Waals surface area contributed by atoms with E-state index in [2.05, 4.69) is 5.32 Å². The molecule has 2 aromatic rings. The third kappa shape index (κ3) is 6.61. The zero-order chi connectivity index (χ0) is 20.0. The van der Waals surface area contributed by atoms with Crippen LogP contribution in [0.25, 0.3) is 0 Å². The number of benzene rings is 2. The highest BCUT2D eigenvalue weighted by Gasteiger charge is 2.23. The predicted molar refractivity (Wildman–Crippen MR) is 108 cm³/mol. The highest BCUT2D eigenvalue weighted by Crippen LogP contribution is 2.30. The molecule has 0 fully saturated rings. The summed E-state index contributed by atoms with van der Waals surface area (Å²) in [6.07, 6.45) is 0.998. The van der Waals surface area contributed by atoms with Gasteiger partial charge in [-0.15, -0.1) is 0 Å². The molecule has 6 nitrogen and oxygen atoms in total. The van der Waals surface area contributed by atoms with Crippen LogP contribution < -0.4 is 14.4 Å². The summed E-state index contributed by atoms with van der Waals surface area (Å²) in [7, 11) is -3.73. The minimum atomic E-state index is -3.73. The largest absolute Gasteiger partial charge is 0.492 e. The van der Waals surface area contributed by atoms with E-state index < -0.39 is 22.5 Å². The van der Waals surface area contributed by atoms with Gasteiger partial charge in [-0.05, 0) is 37.3 Å². The number of ether oxygens (including phenoxy) is 1. The van der Waals surface area contributed by atoms with E-state index >= 15 is 0 Å². The van der Waals surface area contributed by atoms with Crippen LogP contribution in [0, 0.1) is 6.92 Å². The first-order valence-corrected chi connectivity index (χ1v) is 10.7. The molecule has 2 rings (SSSR count). The van der Waals surface area contributed by atoms with Gasteiger partial charge in [-0.25, -0.2) is 8.42 Å². The number of rotatable bonds is 8. The Bertz CT molecular complexity index is 902. The minimum absolute atomic E-state index is 0.151. The average Bonchev–Trinajstić information content (AvgIpc) is 2.59. The molecule has 146 valence electrons. The molecule has 0 bridgehead atoms. The second-order valence-electron chi connectivity index (χ2n) is 5.88. The van der Waals surface area contributed by atoms with Gasteiger partial charge in [0.1, 0.15) is 18.9 Å². The van der Waals surface area contributed by atoms with Crippen molar-refractivity contribution < 1.29 is 17.9 Å². The maximum Gasteiger partial charge on any atom is 0.240 e. The lowest BCUT2D eigenvalue weighted by Gasteiger charge is -2.23. The van der Waals surface area contributed by atoms with E-state index in [0.29, 0.717) is 10.8 Å². The van der Waals surface area contributed by atoms with Gasteiger partial charge in [0, 0.05) is 5.02 Å². The lowest BCUT2D eigenvalue weighted by molar-refractivity contribution is -0.119. The van der Waals surface area contributed by atoms with E-state index in [-0.39, 0.29) is 23.9 Å². The molecule has 1 N–H and O–H groups in total. The number of sulfonamides is 1. The normalized spacial score (nSPS) is 11.1. The second kappa shape index (κ2) is 9.30. The number of aryl methyl sites for hydroxylation is 1. The number of anilines is 1. The van der Waals surface area contributed by atoms with Crippen LogP contribution in [0.2, 0.25) is 10.0 Å². The summed E-state index contributed by atoms with van der Waals surface area (Å²) in [5.41, 5.74) is 1.27. The molecular formula is C18H20Cl2N2O4S. The quantitative estimate of drug-likeness (QED) is 0.651. The molecule has 0 saturated carbocycles. The Kier molecular flexibility index (Phi) is 7.35. The topological polar surface area (TPSA) is 75.7 Å². The van der Waals surface area contributed by atoms with Crippen LogP contribution in [0.1, 0.15) is 5.56 Å².